The van der Waals surface area contributed by atoms with E-state index in [4.69, 9.17) is 4.98 Å². The van der Waals surface area contributed by atoms with Gasteiger partial charge in [-0.25, -0.2) is 9.97 Å². The Kier molecular flexibility index (Phi) is 4.39. The molecule has 0 saturated heterocycles. The third-order valence-corrected chi connectivity index (χ3v) is 3.32. The van der Waals surface area contributed by atoms with E-state index in [2.05, 4.69) is 42.0 Å². The smallest absolute Gasteiger partial charge is 0.136 e. The molecule has 0 spiro atoms. The lowest BCUT2D eigenvalue weighted by atomic mass is 10.3. The summed E-state index contributed by atoms with van der Waals surface area (Å²) in [6, 6.07) is 2.08. The first kappa shape index (κ1) is 13.1. The van der Waals surface area contributed by atoms with Gasteiger partial charge >= 0.3 is 0 Å². The third kappa shape index (κ3) is 3.12. The van der Waals surface area contributed by atoms with Gasteiger partial charge < -0.3 is 10.2 Å². The van der Waals surface area contributed by atoms with Gasteiger partial charge in [0.15, 0.2) is 0 Å². The molecule has 100 valence electrons. The Hall–Kier alpha value is -1.32. The quantitative estimate of drug-likeness (QED) is 0.805. The third-order valence-electron chi connectivity index (χ3n) is 3.32. The Morgan fingerprint density at radius 1 is 1.22 bits per heavy atom. The second-order valence-electron chi connectivity index (χ2n) is 4.84. The predicted molar refractivity (Wildman–Crippen MR) is 76.3 cm³/mol. The summed E-state index contributed by atoms with van der Waals surface area (Å²) in [6.45, 7) is 9.46. The summed E-state index contributed by atoms with van der Waals surface area (Å²) in [6.07, 6.45) is 3.60. The number of anilines is 2. The van der Waals surface area contributed by atoms with Crippen molar-refractivity contribution in [3.05, 3.63) is 11.9 Å². The maximum absolute atomic E-state index is 4.72. The van der Waals surface area contributed by atoms with Crippen LogP contribution in [0.2, 0.25) is 0 Å². The van der Waals surface area contributed by atoms with Crippen LogP contribution in [-0.2, 0) is 0 Å². The van der Waals surface area contributed by atoms with E-state index in [1.54, 1.807) is 0 Å². The van der Waals surface area contributed by atoms with Crippen LogP contribution >= 0.6 is 0 Å². The Bertz CT molecular complexity index is 383. The van der Waals surface area contributed by atoms with Gasteiger partial charge in [0.05, 0.1) is 0 Å². The van der Waals surface area contributed by atoms with Crippen molar-refractivity contribution in [2.45, 2.75) is 46.0 Å². The molecular formula is C14H24N4. The fourth-order valence-electron chi connectivity index (χ4n) is 2.03. The number of nitrogens with one attached hydrogen (secondary N) is 1. The fourth-order valence-corrected chi connectivity index (χ4v) is 2.03. The zero-order chi connectivity index (χ0) is 13.0. The molecule has 2 rings (SSSR count). The topological polar surface area (TPSA) is 41.0 Å². The first-order valence-corrected chi connectivity index (χ1v) is 7.16. The van der Waals surface area contributed by atoms with Gasteiger partial charge in [-0.05, 0) is 33.1 Å². The van der Waals surface area contributed by atoms with Crippen molar-refractivity contribution >= 4 is 11.6 Å². The monoisotopic (exact) mass is 248 g/mol. The average molecular weight is 248 g/mol. The predicted octanol–water partition coefficient (Wildman–Crippen LogP) is 3.02. The molecule has 4 heteroatoms. The summed E-state index contributed by atoms with van der Waals surface area (Å²) in [5.74, 6) is 3.67. The van der Waals surface area contributed by atoms with Crippen molar-refractivity contribution in [1.82, 2.24) is 9.97 Å². The highest BCUT2D eigenvalue weighted by molar-refractivity contribution is 5.50. The van der Waals surface area contributed by atoms with Crippen LogP contribution in [0.25, 0.3) is 0 Å². The molecule has 1 aromatic heterocycles. The summed E-state index contributed by atoms with van der Waals surface area (Å²) < 4.78 is 0. The zero-order valence-corrected chi connectivity index (χ0v) is 11.7. The van der Waals surface area contributed by atoms with Crippen LogP contribution in [0.15, 0.2) is 6.07 Å². The minimum absolute atomic E-state index is 0.600. The summed E-state index contributed by atoms with van der Waals surface area (Å²) >= 11 is 0. The molecule has 1 aromatic rings. The van der Waals surface area contributed by atoms with E-state index in [1.807, 2.05) is 0 Å². The highest BCUT2D eigenvalue weighted by Crippen LogP contribution is 2.39. The van der Waals surface area contributed by atoms with Gasteiger partial charge in [-0.1, -0.05) is 6.92 Å². The van der Waals surface area contributed by atoms with E-state index in [-0.39, 0.29) is 0 Å². The van der Waals surface area contributed by atoms with Gasteiger partial charge in [-0.15, -0.1) is 0 Å². The largest absolute Gasteiger partial charge is 0.370 e. The molecule has 0 bridgehead atoms. The van der Waals surface area contributed by atoms with Crippen molar-refractivity contribution in [3.63, 3.8) is 0 Å². The van der Waals surface area contributed by atoms with Crippen LogP contribution in [-0.4, -0.2) is 29.6 Å². The van der Waals surface area contributed by atoms with Crippen LogP contribution in [0.1, 0.15) is 51.8 Å². The minimum atomic E-state index is 0.600. The van der Waals surface area contributed by atoms with Gasteiger partial charge in [0.25, 0.3) is 0 Å². The molecule has 0 unspecified atom stereocenters. The second kappa shape index (κ2) is 6.03. The van der Waals surface area contributed by atoms with E-state index < -0.39 is 0 Å². The molecule has 1 heterocycles. The zero-order valence-electron chi connectivity index (χ0n) is 11.7. The Morgan fingerprint density at radius 2 is 1.94 bits per heavy atom. The van der Waals surface area contributed by atoms with Gasteiger partial charge in [-0.3, -0.25) is 0 Å². The van der Waals surface area contributed by atoms with Crippen molar-refractivity contribution < 1.29 is 0 Å². The normalized spacial score (nSPS) is 14.6. The molecule has 0 atom stereocenters. The number of nitrogens with zero attached hydrogens (tertiary/aromatic N) is 3. The summed E-state index contributed by atoms with van der Waals surface area (Å²) in [5.41, 5.74) is 0. The Balaban J connectivity index is 2.23. The molecule has 0 amide bonds. The molecule has 0 radical (unpaired) electrons. The Morgan fingerprint density at radius 3 is 2.50 bits per heavy atom. The summed E-state index contributed by atoms with van der Waals surface area (Å²) in [4.78, 5) is 11.6. The lowest BCUT2D eigenvalue weighted by Crippen LogP contribution is -2.24. The van der Waals surface area contributed by atoms with Crippen molar-refractivity contribution in [2.24, 2.45) is 0 Å². The maximum Gasteiger partial charge on any atom is 0.136 e. The number of hydrogen-bond acceptors (Lipinski definition) is 4. The first-order chi connectivity index (χ1) is 8.78. The first-order valence-electron chi connectivity index (χ1n) is 7.16. The summed E-state index contributed by atoms with van der Waals surface area (Å²) in [5, 5.41) is 3.38. The molecule has 18 heavy (non-hydrogen) atoms. The van der Waals surface area contributed by atoms with Crippen LogP contribution in [0, 0.1) is 0 Å². The van der Waals surface area contributed by atoms with Crippen molar-refractivity contribution in [3.8, 4) is 0 Å². The molecular weight excluding hydrogens is 224 g/mol. The van der Waals surface area contributed by atoms with E-state index in [9.17, 15) is 0 Å². The van der Waals surface area contributed by atoms with Gasteiger partial charge in [0.2, 0.25) is 0 Å². The average Bonchev–Trinajstić information content (AvgIpc) is 3.22. The molecule has 1 N–H and O–H groups in total. The number of hydrogen-bond donors (Lipinski definition) is 1. The van der Waals surface area contributed by atoms with E-state index in [0.717, 1.165) is 43.5 Å². The highest BCUT2D eigenvalue weighted by Gasteiger charge is 2.27. The standard InChI is InChI=1S/C14H24N4/c1-4-9-15-12-10-13(18(5-2)6-3)17-14(16-12)11-7-8-11/h10-11H,4-9H2,1-3H3,(H,15,16,17). The number of aromatic nitrogens is 2. The fraction of sp³-hybridized carbons (Fsp3) is 0.714. The molecule has 1 saturated carbocycles. The Labute approximate surface area is 110 Å². The molecule has 0 aromatic carbocycles. The lowest BCUT2D eigenvalue weighted by molar-refractivity contribution is 0.819. The van der Waals surface area contributed by atoms with Gasteiger partial charge in [-0.2, -0.15) is 0 Å². The van der Waals surface area contributed by atoms with Crippen LogP contribution < -0.4 is 10.2 Å². The molecule has 1 fully saturated rings. The van der Waals surface area contributed by atoms with E-state index in [1.165, 1.54) is 12.8 Å². The molecule has 1 aliphatic rings. The van der Waals surface area contributed by atoms with Gasteiger partial charge in [0.1, 0.15) is 17.5 Å². The van der Waals surface area contributed by atoms with Crippen molar-refractivity contribution in [2.75, 3.05) is 29.9 Å². The van der Waals surface area contributed by atoms with Gasteiger partial charge in [0, 0.05) is 31.6 Å². The van der Waals surface area contributed by atoms with Crippen LogP contribution in [0.3, 0.4) is 0 Å². The molecule has 0 aliphatic heterocycles. The van der Waals surface area contributed by atoms with Crippen LogP contribution in [0.4, 0.5) is 11.6 Å². The van der Waals surface area contributed by atoms with Crippen LogP contribution in [0.5, 0.6) is 0 Å². The summed E-state index contributed by atoms with van der Waals surface area (Å²) in [7, 11) is 0. The molecule has 4 nitrogen and oxygen atoms in total. The highest BCUT2D eigenvalue weighted by atomic mass is 15.2. The van der Waals surface area contributed by atoms with Crippen molar-refractivity contribution in [1.29, 1.82) is 0 Å². The SMILES string of the molecule is CCCNc1cc(N(CC)CC)nc(C2CC2)n1. The minimum Gasteiger partial charge on any atom is -0.370 e. The van der Waals surface area contributed by atoms with E-state index in [0.29, 0.717) is 5.92 Å². The van der Waals surface area contributed by atoms with E-state index >= 15 is 0 Å². The second-order valence-corrected chi connectivity index (χ2v) is 4.84. The number of rotatable bonds is 7. The molecule has 1 aliphatic carbocycles. The maximum atomic E-state index is 4.72. The lowest BCUT2D eigenvalue weighted by Gasteiger charge is -2.21.